The SMILES string of the molecule is Cc1ccc2c(c1)NC(=O)[C@H](CC(=O)Nc1ccc(F)cc1)O2. The zero-order valence-corrected chi connectivity index (χ0v) is 12.4. The summed E-state index contributed by atoms with van der Waals surface area (Å²) in [6, 6.07) is 10.8. The highest BCUT2D eigenvalue weighted by Gasteiger charge is 2.29. The van der Waals surface area contributed by atoms with Gasteiger partial charge in [-0.15, -0.1) is 0 Å². The lowest BCUT2D eigenvalue weighted by Crippen LogP contribution is -2.39. The molecule has 0 bridgehead atoms. The minimum Gasteiger partial charge on any atom is -0.478 e. The molecule has 0 unspecified atom stereocenters. The van der Waals surface area contributed by atoms with Gasteiger partial charge in [0.15, 0.2) is 6.10 Å². The molecular weight excluding hydrogens is 299 g/mol. The molecule has 1 heterocycles. The molecule has 118 valence electrons. The first-order valence-electron chi connectivity index (χ1n) is 7.15. The molecule has 0 aromatic heterocycles. The van der Waals surface area contributed by atoms with Gasteiger partial charge < -0.3 is 15.4 Å². The van der Waals surface area contributed by atoms with Crippen molar-refractivity contribution < 1.29 is 18.7 Å². The van der Waals surface area contributed by atoms with Crippen molar-refractivity contribution in [1.82, 2.24) is 0 Å². The van der Waals surface area contributed by atoms with E-state index >= 15 is 0 Å². The fraction of sp³-hybridized carbons (Fsp3) is 0.176. The Bertz CT molecular complexity index is 759. The van der Waals surface area contributed by atoms with Crippen molar-refractivity contribution in [3.63, 3.8) is 0 Å². The van der Waals surface area contributed by atoms with Crippen molar-refractivity contribution in [1.29, 1.82) is 0 Å². The number of carbonyl (C=O) groups is 2. The number of fused-ring (bicyclic) bond motifs is 1. The number of carbonyl (C=O) groups excluding carboxylic acids is 2. The zero-order valence-electron chi connectivity index (χ0n) is 12.4. The highest BCUT2D eigenvalue weighted by Crippen LogP contribution is 2.31. The first-order valence-corrected chi connectivity index (χ1v) is 7.15. The lowest BCUT2D eigenvalue weighted by Gasteiger charge is -2.25. The average molecular weight is 314 g/mol. The monoisotopic (exact) mass is 314 g/mol. The third kappa shape index (κ3) is 3.48. The Balaban J connectivity index is 1.66. The molecule has 23 heavy (non-hydrogen) atoms. The molecule has 2 amide bonds. The van der Waals surface area contributed by atoms with Crippen molar-refractivity contribution in [3.05, 3.63) is 53.8 Å². The number of benzene rings is 2. The molecule has 2 N–H and O–H groups in total. The Morgan fingerprint density at radius 2 is 2.00 bits per heavy atom. The highest BCUT2D eigenvalue weighted by atomic mass is 19.1. The fourth-order valence-electron chi connectivity index (χ4n) is 2.31. The van der Waals surface area contributed by atoms with Crippen LogP contribution in [0.2, 0.25) is 0 Å². The number of amides is 2. The van der Waals surface area contributed by atoms with Crippen molar-refractivity contribution in [2.45, 2.75) is 19.4 Å². The summed E-state index contributed by atoms with van der Waals surface area (Å²) in [7, 11) is 0. The number of anilines is 2. The topological polar surface area (TPSA) is 67.4 Å². The molecule has 3 rings (SSSR count). The average Bonchev–Trinajstić information content (AvgIpc) is 2.50. The zero-order chi connectivity index (χ0) is 16.4. The second-order valence-corrected chi connectivity index (χ2v) is 5.35. The number of hydrogen-bond acceptors (Lipinski definition) is 3. The Labute approximate surface area is 132 Å². The summed E-state index contributed by atoms with van der Waals surface area (Å²) in [5.74, 6) is -0.593. The van der Waals surface area contributed by atoms with Crippen LogP contribution in [0.4, 0.5) is 15.8 Å². The number of aryl methyl sites for hydroxylation is 1. The lowest BCUT2D eigenvalue weighted by molar-refractivity contribution is -0.128. The van der Waals surface area contributed by atoms with E-state index in [9.17, 15) is 14.0 Å². The van der Waals surface area contributed by atoms with Crippen LogP contribution in [0.1, 0.15) is 12.0 Å². The van der Waals surface area contributed by atoms with Gasteiger partial charge in [-0.3, -0.25) is 9.59 Å². The second kappa shape index (κ2) is 6.08. The maximum atomic E-state index is 12.8. The van der Waals surface area contributed by atoms with Gasteiger partial charge in [-0.25, -0.2) is 4.39 Å². The van der Waals surface area contributed by atoms with Crippen molar-refractivity contribution >= 4 is 23.2 Å². The van der Waals surface area contributed by atoms with Crippen LogP contribution < -0.4 is 15.4 Å². The third-order valence-corrected chi connectivity index (χ3v) is 3.45. The van der Waals surface area contributed by atoms with Crippen LogP contribution in [0.25, 0.3) is 0 Å². The summed E-state index contributed by atoms with van der Waals surface area (Å²) in [5, 5.41) is 5.34. The summed E-state index contributed by atoms with van der Waals surface area (Å²) in [6.07, 6.45) is -1.03. The largest absolute Gasteiger partial charge is 0.478 e. The molecule has 2 aromatic rings. The molecule has 0 saturated heterocycles. The van der Waals surface area contributed by atoms with Crippen LogP contribution in [0.5, 0.6) is 5.75 Å². The van der Waals surface area contributed by atoms with Crippen LogP contribution in [0.15, 0.2) is 42.5 Å². The summed E-state index contributed by atoms with van der Waals surface area (Å²) in [6.45, 7) is 1.91. The highest BCUT2D eigenvalue weighted by molar-refractivity contribution is 6.02. The molecule has 0 saturated carbocycles. The fourth-order valence-corrected chi connectivity index (χ4v) is 2.31. The molecule has 0 fully saturated rings. The quantitative estimate of drug-likeness (QED) is 0.915. The van der Waals surface area contributed by atoms with Gasteiger partial charge in [0.1, 0.15) is 11.6 Å². The van der Waals surface area contributed by atoms with E-state index in [4.69, 9.17) is 4.74 Å². The number of rotatable bonds is 3. The first-order chi connectivity index (χ1) is 11.0. The molecule has 1 atom stereocenters. The minimum absolute atomic E-state index is 0.128. The molecule has 5 nitrogen and oxygen atoms in total. The van der Waals surface area contributed by atoms with Gasteiger partial charge in [0, 0.05) is 5.69 Å². The Morgan fingerprint density at radius 1 is 1.26 bits per heavy atom. The van der Waals surface area contributed by atoms with Crippen molar-refractivity contribution in [2.75, 3.05) is 10.6 Å². The van der Waals surface area contributed by atoms with Gasteiger partial charge in [-0.2, -0.15) is 0 Å². The van der Waals surface area contributed by atoms with Crippen molar-refractivity contribution in [3.8, 4) is 5.75 Å². The maximum absolute atomic E-state index is 12.8. The summed E-state index contributed by atoms with van der Waals surface area (Å²) < 4.78 is 18.4. The van der Waals surface area contributed by atoms with Gasteiger partial charge in [0.2, 0.25) is 5.91 Å². The van der Waals surface area contributed by atoms with Gasteiger partial charge in [0.25, 0.3) is 5.91 Å². The first kappa shape index (κ1) is 15.0. The predicted octanol–water partition coefficient (Wildman–Crippen LogP) is 2.86. The Morgan fingerprint density at radius 3 is 2.74 bits per heavy atom. The summed E-state index contributed by atoms with van der Waals surface area (Å²) in [4.78, 5) is 24.0. The minimum atomic E-state index is -0.898. The maximum Gasteiger partial charge on any atom is 0.266 e. The third-order valence-electron chi connectivity index (χ3n) is 3.45. The standard InChI is InChI=1S/C17H15FN2O3/c1-10-2-7-14-13(8-10)20-17(22)15(23-14)9-16(21)19-12-5-3-11(18)4-6-12/h2-8,15H,9H2,1H3,(H,19,21)(H,20,22)/t15-/m0/s1. The van der Waals surface area contributed by atoms with E-state index in [-0.39, 0.29) is 24.1 Å². The molecule has 0 radical (unpaired) electrons. The van der Waals surface area contributed by atoms with Gasteiger partial charge >= 0.3 is 0 Å². The van der Waals surface area contributed by atoms with E-state index in [1.807, 2.05) is 19.1 Å². The molecule has 6 heteroatoms. The molecular formula is C17H15FN2O3. The van der Waals surface area contributed by atoms with Gasteiger partial charge in [-0.1, -0.05) is 6.07 Å². The van der Waals surface area contributed by atoms with Crippen LogP contribution >= 0.6 is 0 Å². The predicted molar refractivity (Wildman–Crippen MR) is 83.9 cm³/mol. The van der Waals surface area contributed by atoms with Gasteiger partial charge in [0.05, 0.1) is 12.1 Å². The Hall–Kier alpha value is -2.89. The van der Waals surface area contributed by atoms with E-state index < -0.39 is 6.10 Å². The van der Waals surface area contributed by atoms with E-state index in [1.54, 1.807) is 6.07 Å². The molecule has 0 aliphatic carbocycles. The van der Waals surface area contributed by atoms with Crippen LogP contribution in [0.3, 0.4) is 0 Å². The number of halogens is 1. The van der Waals surface area contributed by atoms with Crippen LogP contribution in [-0.4, -0.2) is 17.9 Å². The lowest BCUT2D eigenvalue weighted by atomic mass is 10.1. The summed E-state index contributed by atoms with van der Waals surface area (Å²) >= 11 is 0. The van der Waals surface area contributed by atoms with E-state index in [0.29, 0.717) is 17.1 Å². The van der Waals surface area contributed by atoms with Crippen molar-refractivity contribution in [2.24, 2.45) is 0 Å². The normalized spacial score (nSPS) is 16.1. The molecule has 1 aliphatic rings. The molecule has 2 aromatic carbocycles. The number of ether oxygens (including phenoxy) is 1. The second-order valence-electron chi connectivity index (χ2n) is 5.35. The summed E-state index contributed by atoms with van der Waals surface area (Å²) in [5.41, 5.74) is 2.06. The van der Waals surface area contributed by atoms with Gasteiger partial charge in [-0.05, 0) is 48.9 Å². The molecule has 0 spiro atoms. The van der Waals surface area contributed by atoms with Crippen LogP contribution in [-0.2, 0) is 9.59 Å². The van der Waals surface area contributed by atoms with E-state index in [2.05, 4.69) is 10.6 Å². The Kier molecular flexibility index (Phi) is 3.97. The molecule has 1 aliphatic heterocycles. The smallest absolute Gasteiger partial charge is 0.266 e. The number of hydrogen-bond donors (Lipinski definition) is 2. The van der Waals surface area contributed by atoms with E-state index in [0.717, 1.165) is 5.56 Å². The van der Waals surface area contributed by atoms with Crippen LogP contribution in [0, 0.1) is 12.7 Å². The van der Waals surface area contributed by atoms with E-state index in [1.165, 1.54) is 24.3 Å². The number of nitrogens with one attached hydrogen (secondary N) is 2.